The molecular formula is C23H21N3O6S2. The second kappa shape index (κ2) is 8.57. The van der Waals surface area contributed by atoms with Crippen LogP contribution in [-0.4, -0.2) is 68.1 Å². The van der Waals surface area contributed by atoms with Crippen LogP contribution in [0.25, 0.3) is 10.2 Å². The fourth-order valence-corrected chi connectivity index (χ4v) is 5.87. The van der Waals surface area contributed by atoms with Crippen LogP contribution in [0, 0.1) is 0 Å². The van der Waals surface area contributed by atoms with Crippen molar-refractivity contribution >= 4 is 54.2 Å². The Hall–Kier alpha value is -3.15. The van der Waals surface area contributed by atoms with Crippen LogP contribution in [0.1, 0.15) is 33.6 Å². The van der Waals surface area contributed by atoms with Gasteiger partial charge >= 0.3 is 0 Å². The summed E-state index contributed by atoms with van der Waals surface area (Å²) in [5, 5.41) is 0.359. The molecule has 11 heteroatoms. The third-order valence-electron chi connectivity index (χ3n) is 5.89. The molecule has 1 aromatic heterocycles. The summed E-state index contributed by atoms with van der Waals surface area (Å²) in [5.41, 5.74) is 1.11. The largest absolute Gasteiger partial charge is 0.376 e. The number of hydrogen-bond acceptors (Lipinski definition) is 8. The van der Waals surface area contributed by atoms with Crippen LogP contribution in [0.15, 0.2) is 47.4 Å². The van der Waals surface area contributed by atoms with Gasteiger partial charge in [0.15, 0.2) is 15.0 Å². The van der Waals surface area contributed by atoms with Gasteiger partial charge in [0.1, 0.15) is 6.54 Å². The second-order valence-electron chi connectivity index (χ2n) is 8.28. The predicted molar refractivity (Wildman–Crippen MR) is 126 cm³/mol. The summed E-state index contributed by atoms with van der Waals surface area (Å²) in [5.74, 6) is -1.48. The van der Waals surface area contributed by atoms with Crippen LogP contribution in [0.5, 0.6) is 0 Å². The minimum absolute atomic E-state index is 0.165. The van der Waals surface area contributed by atoms with E-state index < -0.39 is 34.1 Å². The number of ether oxygens (including phenoxy) is 1. The molecule has 0 bridgehead atoms. The van der Waals surface area contributed by atoms with Gasteiger partial charge in [-0.2, -0.15) is 0 Å². The highest BCUT2D eigenvalue weighted by Gasteiger charge is 2.38. The zero-order valence-electron chi connectivity index (χ0n) is 18.3. The third kappa shape index (κ3) is 4.10. The highest BCUT2D eigenvalue weighted by Crippen LogP contribution is 2.32. The first-order chi connectivity index (χ1) is 16.2. The maximum absolute atomic E-state index is 13.4. The van der Waals surface area contributed by atoms with Gasteiger partial charge in [0, 0.05) is 12.9 Å². The van der Waals surface area contributed by atoms with Crippen molar-refractivity contribution < 1.29 is 27.5 Å². The van der Waals surface area contributed by atoms with Gasteiger partial charge in [0.2, 0.25) is 5.91 Å². The number of benzene rings is 2. The highest BCUT2D eigenvalue weighted by atomic mass is 32.2. The predicted octanol–water partition coefficient (Wildman–Crippen LogP) is 2.51. The van der Waals surface area contributed by atoms with Gasteiger partial charge in [0.25, 0.3) is 11.8 Å². The fourth-order valence-electron chi connectivity index (χ4n) is 4.12. The Balaban J connectivity index is 1.46. The molecule has 0 N–H and O–H groups in total. The van der Waals surface area contributed by atoms with Gasteiger partial charge in [-0.05, 0) is 43.2 Å². The highest BCUT2D eigenvalue weighted by molar-refractivity contribution is 7.90. The van der Waals surface area contributed by atoms with Crippen LogP contribution >= 0.6 is 11.3 Å². The Morgan fingerprint density at radius 1 is 1.18 bits per heavy atom. The lowest BCUT2D eigenvalue weighted by atomic mass is 10.1. The van der Waals surface area contributed by atoms with Gasteiger partial charge in [-0.25, -0.2) is 13.4 Å². The zero-order valence-corrected chi connectivity index (χ0v) is 19.9. The molecule has 1 fully saturated rings. The van der Waals surface area contributed by atoms with E-state index in [-0.39, 0.29) is 28.7 Å². The summed E-state index contributed by atoms with van der Waals surface area (Å²) < 4.78 is 30.2. The number of nitrogens with zero attached hydrogens (tertiary/aromatic N) is 3. The van der Waals surface area contributed by atoms with E-state index in [4.69, 9.17) is 4.74 Å². The lowest BCUT2D eigenvalue weighted by molar-refractivity contribution is -0.119. The number of sulfone groups is 1. The number of rotatable bonds is 6. The van der Waals surface area contributed by atoms with Crippen LogP contribution in [-0.2, 0) is 19.4 Å². The van der Waals surface area contributed by atoms with Crippen LogP contribution in [0.4, 0.5) is 5.13 Å². The van der Waals surface area contributed by atoms with Crippen LogP contribution < -0.4 is 4.90 Å². The topological polar surface area (TPSA) is 114 Å². The first-order valence-corrected chi connectivity index (χ1v) is 13.4. The Bertz CT molecular complexity index is 1390. The molecule has 0 saturated carbocycles. The first kappa shape index (κ1) is 22.6. The minimum Gasteiger partial charge on any atom is -0.376 e. The lowest BCUT2D eigenvalue weighted by Crippen LogP contribution is -2.45. The molecule has 2 aliphatic rings. The molecule has 3 amide bonds. The van der Waals surface area contributed by atoms with E-state index in [0.717, 1.165) is 24.0 Å². The van der Waals surface area contributed by atoms with E-state index in [9.17, 15) is 22.8 Å². The lowest BCUT2D eigenvalue weighted by Gasteiger charge is -2.25. The number of carbonyl (C=O) groups excluding carboxylic acids is 3. The maximum Gasteiger partial charge on any atom is 0.262 e. The molecule has 3 heterocycles. The average molecular weight is 500 g/mol. The van der Waals surface area contributed by atoms with Crippen molar-refractivity contribution in [2.75, 3.05) is 30.9 Å². The molecule has 5 rings (SSSR count). The maximum atomic E-state index is 13.4. The van der Waals surface area contributed by atoms with Crippen molar-refractivity contribution in [1.29, 1.82) is 0 Å². The normalized spacial score (nSPS) is 18.0. The van der Waals surface area contributed by atoms with Gasteiger partial charge in [-0.1, -0.05) is 23.5 Å². The summed E-state index contributed by atoms with van der Waals surface area (Å²) in [7, 11) is -3.40. The molecule has 34 heavy (non-hydrogen) atoms. The summed E-state index contributed by atoms with van der Waals surface area (Å²) >= 11 is 1.18. The molecule has 2 aromatic carbocycles. The standard InChI is InChI=1S/C23H21N3O6S2/c1-34(30,31)15-8-9-18-19(11-15)33-23(24-18)25(12-14-5-4-10-32-14)20(27)13-26-21(28)16-6-2-3-7-17(16)22(26)29/h2-3,6-9,11,14H,4-5,10,12-13H2,1H3. The molecule has 0 aliphatic carbocycles. The average Bonchev–Trinajstić information content (AvgIpc) is 3.52. The molecule has 1 unspecified atom stereocenters. The van der Waals surface area contributed by atoms with Crippen molar-refractivity contribution in [3.05, 3.63) is 53.6 Å². The number of carbonyl (C=O) groups is 3. The number of thiazole rings is 1. The molecule has 2 aliphatic heterocycles. The Labute approximate surface area is 199 Å². The third-order valence-corrected chi connectivity index (χ3v) is 8.04. The molecule has 9 nitrogen and oxygen atoms in total. The smallest absolute Gasteiger partial charge is 0.262 e. The van der Waals surface area contributed by atoms with Crippen molar-refractivity contribution in [2.24, 2.45) is 0 Å². The number of fused-ring (bicyclic) bond motifs is 2. The summed E-state index contributed by atoms with van der Waals surface area (Å²) in [6.45, 7) is 0.396. The van der Waals surface area contributed by atoms with E-state index >= 15 is 0 Å². The summed E-state index contributed by atoms with van der Waals surface area (Å²) in [4.78, 5) is 46.0. The van der Waals surface area contributed by atoms with E-state index in [2.05, 4.69) is 4.98 Å². The van der Waals surface area contributed by atoms with Gasteiger partial charge in [0.05, 0.1) is 38.9 Å². The van der Waals surface area contributed by atoms with Gasteiger partial charge < -0.3 is 4.74 Å². The van der Waals surface area contributed by atoms with Crippen molar-refractivity contribution in [2.45, 2.75) is 23.8 Å². The molecule has 0 spiro atoms. The fraction of sp³-hybridized carbons (Fsp3) is 0.304. The van der Waals surface area contributed by atoms with E-state index in [0.29, 0.717) is 22.0 Å². The monoisotopic (exact) mass is 499 g/mol. The SMILES string of the molecule is CS(=O)(=O)c1ccc2nc(N(CC3CCCO3)C(=O)CN3C(=O)c4ccccc4C3=O)sc2c1. The van der Waals surface area contributed by atoms with E-state index in [1.807, 2.05) is 0 Å². The summed E-state index contributed by atoms with van der Waals surface area (Å²) in [6, 6.07) is 11.1. The van der Waals surface area contributed by atoms with Gasteiger partial charge in [-0.15, -0.1) is 0 Å². The van der Waals surface area contributed by atoms with Gasteiger partial charge in [-0.3, -0.25) is 24.2 Å². The van der Waals surface area contributed by atoms with E-state index in [1.54, 1.807) is 30.3 Å². The molecule has 1 atom stereocenters. The summed E-state index contributed by atoms with van der Waals surface area (Å²) in [6.07, 6.45) is 2.60. The van der Waals surface area contributed by atoms with Crippen molar-refractivity contribution in [3.8, 4) is 0 Å². The second-order valence-corrected chi connectivity index (χ2v) is 11.3. The number of aromatic nitrogens is 1. The van der Waals surface area contributed by atoms with E-state index in [1.165, 1.54) is 28.4 Å². The zero-order chi connectivity index (χ0) is 24.0. The minimum atomic E-state index is -3.40. The Morgan fingerprint density at radius 3 is 2.50 bits per heavy atom. The number of anilines is 1. The van der Waals surface area contributed by atoms with Crippen molar-refractivity contribution in [1.82, 2.24) is 9.88 Å². The van der Waals surface area contributed by atoms with Crippen LogP contribution in [0.2, 0.25) is 0 Å². The first-order valence-electron chi connectivity index (χ1n) is 10.7. The Morgan fingerprint density at radius 2 is 1.88 bits per heavy atom. The Kier molecular flexibility index (Phi) is 5.70. The molecule has 3 aromatic rings. The number of hydrogen-bond donors (Lipinski definition) is 0. The van der Waals surface area contributed by atoms with Crippen molar-refractivity contribution in [3.63, 3.8) is 0 Å². The molecule has 0 radical (unpaired) electrons. The number of amides is 3. The quantitative estimate of drug-likeness (QED) is 0.479. The molecule has 1 saturated heterocycles. The number of imide groups is 1. The molecular weight excluding hydrogens is 478 g/mol. The van der Waals surface area contributed by atoms with Crippen LogP contribution in [0.3, 0.4) is 0 Å². The molecule has 176 valence electrons.